The van der Waals surface area contributed by atoms with Crippen LogP contribution >= 0.6 is 23.4 Å². The van der Waals surface area contributed by atoms with E-state index in [0.717, 1.165) is 9.79 Å². The standard InChI is InChI=1S/C26H25ClN2O5S/c1-2-33-23-6-4-3-5-22(23)29-25(31)17-34-26(32)16-15-24(30)28-19-9-13-21(14-10-19)35-20-11-7-18(27)8-12-20/h3-14H,2,15-17H2,1H3,(H,28,30)(H,29,31). The first-order valence-electron chi connectivity index (χ1n) is 10.9. The van der Waals surface area contributed by atoms with Gasteiger partial charge >= 0.3 is 5.97 Å². The zero-order chi connectivity index (χ0) is 25.0. The molecule has 0 aliphatic rings. The molecule has 0 aliphatic carbocycles. The molecule has 0 saturated carbocycles. The Hall–Kier alpha value is -3.49. The van der Waals surface area contributed by atoms with E-state index in [4.69, 9.17) is 21.1 Å². The number of benzene rings is 3. The highest BCUT2D eigenvalue weighted by molar-refractivity contribution is 7.99. The maximum absolute atomic E-state index is 12.2. The third kappa shape index (κ3) is 8.99. The Morgan fingerprint density at radius 3 is 2.17 bits per heavy atom. The van der Waals surface area contributed by atoms with Gasteiger partial charge in [0.1, 0.15) is 5.75 Å². The highest BCUT2D eigenvalue weighted by Gasteiger charge is 2.12. The first-order chi connectivity index (χ1) is 16.9. The van der Waals surface area contributed by atoms with E-state index >= 15 is 0 Å². The molecule has 0 atom stereocenters. The van der Waals surface area contributed by atoms with E-state index in [1.165, 1.54) is 0 Å². The molecule has 0 aromatic heterocycles. The van der Waals surface area contributed by atoms with E-state index in [2.05, 4.69) is 10.6 Å². The van der Waals surface area contributed by atoms with Crippen LogP contribution in [0.25, 0.3) is 0 Å². The van der Waals surface area contributed by atoms with Crippen LogP contribution in [0.1, 0.15) is 19.8 Å². The van der Waals surface area contributed by atoms with Crippen LogP contribution in [0.15, 0.2) is 82.6 Å². The van der Waals surface area contributed by atoms with Crippen LogP contribution in [0.2, 0.25) is 5.02 Å². The van der Waals surface area contributed by atoms with Crippen LogP contribution in [-0.4, -0.2) is 31.0 Å². The lowest BCUT2D eigenvalue weighted by molar-refractivity contribution is -0.147. The average Bonchev–Trinajstić information content (AvgIpc) is 2.85. The molecule has 3 aromatic rings. The fourth-order valence-corrected chi connectivity index (χ4v) is 3.88. The largest absolute Gasteiger partial charge is 0.492 e. The highest BCUT2D eigenvalue weighted by Crippen LogP contribution is 2.29. The van der Waals surface area contributed by atoms with Crippen molar-refractivity contribution >= 4 is 52.5 Å². The van der Waals surface area contributed by atoms with Crippen molar-refractivity contribution in [1.82, 2.24) is 0 Å². The molecule has 0 saturated heterocycles. The predicted molar refractivity (Wildman–Crippen MR) is 137 cm³/mol. The Bertz CT molecular complexity index is 1150. The zero-order valence-corrected chi connectivity index (χ0v) is 20.7. The second-order valence-corrected chi connectivity index (χ2v) is 8.85. The third-order valence-electron chi connectivity index (χ3n) is 4.57. The fourth-order valence-electron chi connectivity index (χ4n) is 2.94. The molecule has 0 aliphatic heterocycles. The number of halogens is 1. The van der Waals surface area contributed by atoms with E-state index < -0.39 is 18.5 Å². The maximum Gasteiger partial charge on any atom is 0.306 e. The number of esters is 1. The normalized spacial score (nSPS) is 10.3. The van der Waals surface area contributed by atoms with Crippen molar-refractivity contribution in [3.05, 3.63) is 77.8 Å². The van der Waals surface area contributed by atoms with Gasteiger partial charge in [-0.05, 0) is 67.6 Å². The van der Waals surface area contributed by atoms with Crippen molar-refractivity contribution in [1.29, 1.82) is 0 Å². The van der Waals surface area contributed by atoms with Gasteiger partial charge < -0.3 is 20.1 Å². The molecule has 2 N–H and O–H groups in total. The summed E-state index contributed by atoms with van der Waals surface area (Å²) in [6.07, 6.45) is -0.200. The van der Waals surface area contributed by atoms with Gasteiger partial charge in [-0.15, -0.1) is 0 Å². The van der Waals surface area contributed by atoms with Crippen LogP contribution in [0.5, 0.6) is 5.75 Å². The zero-order valence-electron chi connectivity index (χ0n) is 19.1. The van der Waals surface area contributed by atoms with Gasteiger partial charge in [0.25, 0.3) is 5.91 Å². The number of carbonyl (C=O) groups is 3. The van der Waals surface area contributed by atoms with E-state index in [1.54, 1.807) is 48.2 Å². The maximum atomic E-state index is 12.2. The first kappa shape index (κ1) is 26.1. The monoisotopic (exact) mass is 512 g/mol. The molecule has 0 fully saturated rings. The quantitative estimate of drug-likeness (QED) is 0.316. The summed E-state index contributed by atoms with van der Waals surface area (Å²) in [6.45, 7) is 1.84. The molecule has 9 heteroatoms. The topological polar surface area (TPSA) is 93.7 Å². The molecule has 0 heterocycles. The number of rotatable bonds is 11. The molecular formula is C26H25ClN2O5S. The van der Waals surface area contributed by atoms with E-state index in [0.29, 0.717) is 28.8 Å². The minimum absolute atomic E-state index is 0.0606. The number of nitrogens with one attached hydrogen (secondary N) is 2. The molecular weight excluding hydrogens is 488 g/mol. The fraction of sp³-hybridized carbons (Fsp3) is 0.192. The third-order valence-corrected chi connectivity index (χ3v) is 5.84. The van der Waals surface area contributed by atoms with Crippen LogP contribution < -0.4 is 15.4 Å². The smallest absolute Gasteiger partial charge is 0.306 e. The summed E-state index contributed by atoms with van der Waals surface area (Å²) in [5.41, 5.74) is 1.11. The van der Waals surface area contributed by atoms with Crippen molar-refractivity contribution in [3.8, 4) is 5.75 Å². The van der Waals surface area contributed by atoms with Crippen LogP contribution in [0.3, 0.4) is 0 Å². The Balaban J connectivity index is 1.37. The molecule has 0 unspecified atom stereocenters. The van der Waals surface area contributed by atoms with Crippen molar-refractivity contribution in [3.63, 3.8) is 0 Å². The molecule has 2 amide bonds. The number of amides is 2. The van der Waals surface area contributed by atoms with Gasteiger partial charge in [0.2, 0.25) is 5.91 Å². The van der Waals surface area contributed by atoms with E-state index in [-0.39, 0.29) is 18.7 Å². The Labute approximate surface area is 213 Å². The van der Waals surface area contributed by atoms with Crippen molar-refractivity contribution < 1.29 is 23.9 Å². The molecule has 35 heavy (non-hydrogen) atoms. The highest BCUT2D eigenvalue weighted by atomic mass is 35.5. The van der Waals surface area contributed by atoms with E-state index in [9.17, 15) is 14.4 Å². The lowest BCUT2D eigenvalue weighted by Crippen LogP contribution is -2.22. The van der Waals surface area contributed by atoms with E-state index in [1.807, 2.05) is 43.3 Å². The molecule has 0 spiro atoms. The molecule has 7 nitrogen and oxygen atoms in total. The lowest BCUT2D eigenvalue weighted by Gasteiger charge is -2.11. The summed E-state index contributed by atoms with van der Waals surface area (Å²) >= 11 is 7.48. The number of hydrogen-bond donors (Lipinski definition) is 2. The van der Waals surface area contributed by atoms with Gasteiger partial charge in [0, 0.05) is 26.9 Å². The molecule has 182 valence electrons. The number of carbonyl (C=O) groups excluding carboxylic acids is 3. The second kappa shape index (κ2) is 13.4. The van der Waals surface area contributed by atoms with Crippen molar-refractivity contribution in [2.24, 2.45) is 0 Å². The number of para-hydroxylation sites is 2. The summed E-state index contributed by atoms with van der Waals surface area (Å²) < 4.78 is 10.4. The Morgan fingerprint density at radius 2 is 1.49 bits per heavy atom. The van der Waals surface area contributed by atoms with Crippen LogP contribution in [0, 0.1) is 0 Å². The molecule has 3 aromatic carbocycles. The summed E-state index contributed by atoms with van der Waals surface area (Å²) in [4.78, 5) is 38.3. The summed E-state index contributed by atoms with van der Waals surface area (Å²) in [5, 5.41) is 6.07. The van der Waals surface area contributed by atoms with Crippen molar-refractivity contribution in [2.45, 2.75) is 29.6 Å². The number of hydrogen-bond acceptors (Lipinski definition) is 6. The average molecular weight is 513 g/mol. The summed E-state index contributed by atoms with van der Waals surface area (Å²) in [7, 11) is 0. The number of ether oxygens (including phenoxy) is 2. The van der Waals surface area contributed by atoms with Gasteiger partial charge in [-0.2, -0.15) is 0 Å². The SMILES string of the molecule is CCOc1ccccc1NC(=O)COC(=O)CCC(=O)Nc1ccc(Sc2ccc(Cl)cc2)cc1. The lowest BCUT2D eigenvalue weighted by atomic mass is 10.2. The Morgan fingerprint density at radius 1 is 0.829 bits per heavy atom. The second-order valence-electron chi connectivity index (χ2n) is 7.27. The predicted octanol–water partition coefficient (Wildman–Crippen LogP) is 5.79. The van der Waals surface area contributed by atoms with Gasteiger partial charge in [0.05, 0.1) is 18.7 Å². The van der Waals surface area contributed by atoms with Crippen LogP contribution in [-0.2, 0) is 19.1 Å². The molecule has 3 rings (SSSR count). The minimum atomic E-state index is -0.636. The summed E-state index contributed by atoms with van der Waals surface area (Å²) in [5.74, 6) is -0.923. The minimum Gasteiger partial charge on any atom is -0.492 e. The van der Waals surface area contributed by atoms with Crippen molar-refractivity contribution in [2.75, 3.05) is 23.8 Å². The summed E-state index contributed by atoms with van der Waals surface area (Å²) in [6, 6.07) is 21.9. The molecule has 0 bridgehead atoms. The van der Waals surface area contributed by atoms with Gasteiger partial charge in [-0.1, -0.05) is 35.5 Å². The molecule has 0 radical (unpaired) electrons. The first-order valence-corrected chi connectivity index (χ1v) is 12.1. The van der Waals surface area contributed by atoms with Gasteiger partial charge in [-0.25, -0.2) is 0 Å². The van der Waals surface area contributed by atoms with Crippen LogP contribution in [0.4, 0.5) is 11.4 Å². The van der Waals surface area contributed by atoms with Gasteiger partial charge in [-0.3, -0.25) is 14.4 Å². The van der Waals surface area contributed by atoms with Gasteiger partial charge in [0.15, 0.2) is 6.61 Å². The Kier molecular flexibility index (Phi) is 10.0. The number of anilines is 2.